The van der Waals surface area contributed by atoms with Crippen LogP contribution in [0.2, 0.25) is 15.1 Å². The molecule has 0 saturated heterocycles. The molecule has 0 amide bonds. The molecule has 0 N–H and O–H groups in total. The molecule has 1 aromatic carbocycles. The molecule has 6 heteroatoms. The van der Waals surface area contributed by atoms with Crippen molar-refractivity contribution in [3.8, 4) is 17.0 Å². The van der Waals surface area contributed by atoms with Crippen LogP contribution in [0.5, 0.6) is 5.88 Å². The quantitative estimate of drug-likeness (QED) is 0.617. The number of carbonyl (C=O) groups is 1. The lowest BCUT2D eigenvalue weighted by atomic mass is 10.1. The lowest BCUT2D eigenvalue weighted by molar-refractivity contribution is 0.111. The fourth-order valence-electron chi connectivity index (χ4n) is 1.61. The first-order valence-electron chi connectivity index (χ1n) is 5.22. The van der Waals surface area contributed by atoms with E-state index in [1.54, 1.807) is 24.3 Å². The lowest BCUT2D eigenvalue weighted by Gasteiger charge is -2.11. The van der Waals surface area contributed by atoms with Gasteiger partial charge in [0.05, 0.1) is 22.2 Å². The Morgan fingerprint density at radius 1 is 1.05 bits per heavy atom. The Kier molecular flexibility index (Phi) is 4.30. The molecule has 0 aliphatic carbocycles. The van der Waals surface area contributed by atoms with Crippen LogP contribution >= 0.6 is 34.8 Å². The molecule has 1 aromatic heterocycles. The molecule has 0 atom stereocenters. The smallest absolute Gasteiger partial charge is 0.221 e. The van der Waals surface area contributed by atoms with E-state index >= 15 is 0 Å². The standard InChI is InChI=1S/C13H8Cl3NO2/c1-19-13-9(3-2-7(6-18)17-13)8-4-5-10(14)12(16)11(8)15/h2-6H,1H3. The Morgan fingerprint density at radius 2 is 1.74 bits per heavy atom. The zero-order valence-corrected chi connectivity index (χ0v) is 12.1. The van der Waals surface area contributed by atoms with Gasteiger partial charge in [0.1, 0.15) is 5.69 Å². The fraction of sp³-hybridized carbons (Fsp3) is 0.0769. The number of aldehydes is 1. The third-order valence-corrected chi connectivity index (χ3v) is 3.81. The molecule has 0 bridgehead atoms. The van der Waals surface area contributed by atoms with Crippen LogP contribution in [0.3, 0.4) is 0 Å². The van der Waals surface area contributed by atoms with Gasteiger partial charge in [0.25, 0.3) is 0 Å². The highest BCUT2D eigenvalue weighted by atomic mass is 35.5. The van der Waals surface area contributed by atoms with Crippen molar-refractivity contribution in [2.45, 2.75) is 0 Å². The van der Waals surface area contributed by atoms with E-state index in [0.29, 0.717) is 33.3 Å². The second-order valence-corrected chi connectivity index (χ2v) is 4.80. The minimum Gasteiger partial charge on any atom is -0.481 e. The molecule has 0 radical (unpaired) electrons. The Labute approximate surface area is 125 Å². The van der Waals surface area contributed by atoms with Gasteiger partial charge in [0.2, 0.25) is 5.88 Å². The third kappa shape index (κ3) is 2.68. The van der Waals surface area contributed by atoms with Crippen molar-refractivity contribution in [3.63, 3.8) is 0 Å². The normalized spacial score (nSPS) is 10.3. The molecule has 3 nitrogen and oxygen atoms in total. The zero-order chi connectivity index (χ0) is 14.0. The summed E-state index contributed by atoms with van der Waals surface area (Å²) in [4.78, 5) is 14.8. The number of pyridine rings is 1. The second kappa shape index (κ2) is 5.78. The Balaban J connectivity index is 2.65. The summed E-state index contributed by atoms with van der Waals surface area (Å²) in [5.41, 5.74) is 1.55. The molecule has 0 unspecified atom stereocenters. The van der Waals surface area contributed by atoms with E-state index in [1.165, 1.54) is 7.11 Å². The molecule has 0 aliphatic rings. The van der Waals surface area contributed by atoms with Crippen LogP contribution in [0, 0.1) is 0 Å². The summed E-state index contributed by atoms with van der Waals surface area (Å²) in [5.74, 6) is 0.296. The van der Waals surface area contributed by atoms with Crippen molar-refractivity contribution in [3.05, 3.63) is 45.0 Å². The van der Waals surface area contributed by atoms with Gasteiger partial charge in [-0.3, -0.25) is 4.79 Å². The van der Waals surface area contributed by atoms with E-state index in [9.17, 15) is 4.79 Å². The van der Waals surface area contributed by atoms with Gasteiger partial charge < -0.3 is 4.74 Å². The van der Waals surface area contributed by atoms with Gasteiger partial charge in [0.15, 0.2) is 6.29 Å². The maximum absolute atomic E-state index is 10.7. The largest absolute Gasteiger partial charge is 0.481 e. The Morgan fingerprint density at radius 3 is 2.37 bits per heavy atom. The van der Waals surface area contributed by atoms with Gasteiger partial charge in [-0.05, 0) is 18.2 Å². The number of halogens is 3. The van der Waals surface area contributed by atoms with Crippen LogP contribution < -0.4 is 4.74 Å². The van der Waals surface area contributed by atoms with Crippen LogP contribution in [-0.4, -0.2) is 18.4 Å². The number of hydrogen-bond donors (Lipinski definition) is 0. The predicted molar refractivity (Wildman–Crippen MR) is 76.6 cm³/mol. The maximum atomic E-state index is 10.7. The van der Waals surface area contributed by atoms with Crippen molar-refractivity contribution >= 4 is 41.1 Å². The number of rotatable bonds is 3. The van der Waals surface area contributed by atoms with Gasteiger partial charge in [-0.25, -0.2) is 4.98 Å². The summed E-state index contributed by atoms with van der Waals surface area (Å²) in [6, 6.07) is 6.62. The van der Waals surface area contributed by atoms with Crippen molar-refractivity contribution in [2.75, 3.05) is 7.11 Å². The van der Waals surface area contributed by atoms with Crippen LogP contribution in [0.25, 0.3) is 11.1 Å². The van der Waals surface area contributed by atoms with Gasteiger partial charge in [-0.2, -0.15) is 0 Å². The minimum atomic E-state index is 0.266. The SMILES string of the molecule is COc1nc(C=O)ccc1-c1ccc(Cl)c(Cl)c1Cl. The van der Waals surface area contributed by atoms with Gasteiger partial charge in [-0.1, -0.05) is 40.9 Å². The van der Waals surface area contributed by atoms with E-state index in [0.717, 1.165) is 0 Å². The molecular weight excluding hydrogens is 309 g/mol. The van der Waals surface area contributed by atoms with Crippen LogP contribution in [0.4, 0.5) is 0 Å². The summed E-state index contributed by atoms with van der Waals surface area (Å²) >= 11 is 18.1. The number of ether oxygens (including phenoxy) is 1. The van der Waals surface area contributed by atoms with E-state index in [1.807, 2.05) is 0 Å². The molecule has 2 rings (SSSR count). The number of aromatic nitrogens is 1. The predicted octanol–water partition coefficient (Wildman–Crippen LogP) is 4.53. The number of benzene rings is 1. The fourth-order valence-corrected chi connectivity index (χ4v) is 2.25. The molecule has 1 heterocycles. The van der Waals surface area contributed by atoms with Gasteiger partial charge in [0, 0.05) is 11.1 Å². The Bertz CT molecular complexity index is 644. The van der Waals surface area contributed by atoms with E-state index < -0.39 is 0 Å². The number of nitrogens with zero attached hydrogens (tertiary/aromatic N) is 1. The summed E-state index contributed by atoms with van der Waals surface area (Å²) in [5, 5.41) is 0.947. The Hall–Kier alpha value is -1.29. The average Bonchev–Trinajstić information content (AvgIpc) is 2.44. The van der Waals surface area contributed by atoms with Crippen LogP contribution in [0.1, 0.15) is 10.5 Å². The molecule has 0 saturated carbocycles. The van der Waals surface area contributed by atoms with E-state index in [4.69, 9.17) is 39.5 Å². The number of hydrogen-bond acceptors (Lipinski definition) is 3. The molecule has 0 aliphatic heterocycles. The maximum Gasteiger partial charge on any atom is 0.221 e. The van der Waals surface area contributed by atoms with Crippen molar-refractivity contribution in [1.29, 1.82) is 0 Å². The first-order chi connectivity index (χ1) is 9.08. The molecule has 0 fully saturated rings. The summed E-state index contributed by atoms with van der Waals surface area (Å²) in [6.45, 7) is 0. The molecular formula is C13H8Cl3NO2. The first kappa shape index (κ1) is 14.1. The monoisotopic (exact) mass is 315 g/mol. The molecule has 0 spiro atoms. The zero-order valence-electron chi connectivity index (χ0n) is 9.78. The number of methoxy groups -OCH3 is 1. The first-order valence-corrected chi connectivity index (χ1v) is 6.36. The summed E-state index contributed by atoms with van der Waals surface area (Å²) < 4.78 is 5.16. The van der Waals surface area contributed by atoms with Crippen molar-refractivity contribution in [1.82, 2.24) is 4.98 Å². The lowest BCUT2D eigenvalue weighted by Crippen LogP contribution is -1.96. The highest BCUT2D eigenvalue weighted by Gasteiger charge is 2.15. The summed E-state index contributed by atoms with van der Waals surface area (Å²) in [6.07, 6.45) is 0.642. The van der Waals surface area contributed by atoms with Gasteiger partial charge in [-0.15, -0.1) is 0 Å². The van der Waals surface area contributed by atoms with E-state index in [-0.39, 0.29) is 10.7 Å². The average molecular weight is 317 g/mol. The van der Waals surface area contributed by atoms with E-state index in [2.05, 4.69) is 4.98 Å². The minimum absolute atomic E-state index is 0.266. The third-order valence-electron chi connectivity index (χ3n) is 2.52. The molecule has 2 aromatic rings. The van der Waals surface area contributed by atoms with Crippen LogP contribution in [0.15, 0.2) is 24.3 Å². The summed E-state index contributed by atoms with van der Waals surface area (Å²) in [7, 11) is 1.46. The van der Waals surface area contributed by atoms with Crippen LogP contribution in [-0.2, 0) is 0 Å². The molecule has 98 valence electrons. The topological polar surface area (TPSA) is 39.2 Å². The van der Waals surface area contributed by atoms with Crippen molar-refractivity contribution < 1.29 is 9.53 Å². The number of carbonyl (C=O) groups excluding carboxylic acids is 1. The highest BCUT2D eigenvalue weighted by Crippen LogP contribution is 2.40. The van der Waals surface area contributed by atoms with Gasteiger partial charge >= 0.3 is 0 Å². The highest BCUT2D eigenvalue weighted by molar-refractivity contribution is 6.49. The molecule has 19 heavy (non-hydrogen) atoms. The van der Waals surface area contributed by atoms with Crippen molar-refractivity contribution in [2.24, 2.45) is 0 Å². The second-order valence-electron chi connectivity index (χ2n) is 3.63.